The molecule has 1 aromatic rings. The van der Waals surface area contributed by atoms with E-state index in [4.69, 9.17) is 14.9 Å². The van der Waals surface area contributed by atoms with E-state index in [-0.39, 0.29) is 0 Å². The number of fused-ring (bicyclic) bond motifs is 1. The average Bonchev–Trinajstić information content (AvgIpc) is 3.13. The highest BCUT2D eigenvalue weighted by Gasteiger charge is 2.13. The van der Waals surface area contributed by atoms with Crippen LogP contribution in [0.1, 0.15) is 63.5 Å². The van der Waals surface area contributed by atoms with Gasteiger partial charge in [-0.05, 0) is 51.5 Å². The average molecular weight is 408 g/mol. The third-order valence-corrected chi connectivity index (χ3v) is 5.12. The Bertz CT molecular complexity index is 626. The number of hydrogen-bond acceptors (Lipinski definition) is 5. The van der Waals surface area contributed by atoms with Gasteiger partial charge in [-0.3, -0.25) is 4.68 Å². The maximum Gasteiger partial charge on any atom is 0.328 e. The van der Waals surface area contributed by atoms with Crippen LogP contribution in [-0.2, 0) is 22.6 Å². The largest absolute Gasteiger partial charge is 0.478 e. The predicted molar refractivity (Wildman–Crippen MR) is 109 cm³/mol. The molecule has 1 aromatic heterocycles. The van der Waals surface area contributed by atoms with Gasteiger partial charge in [0.25, 0.3) is 0 Å². The zero-order valence-corrected chi connectivity index (χ0v) is 17.0. The van der Waals surface area contributed by atoms with E-state index in [1.54, 1.807) is 0 Å². The summed E-state index contributed by atoms with van der Waals surface area (Å²) in [6.45, 7) is 2.99. The maximum absolute atomic E-state index is 9.55. The van der Waals surface area contributed by atoms with Crippen molar-refractivity contribution in [2.45, 2.75) is 76.8 Å². The molecule has 0 amide bonds. The molecule has 0 spiro atoms. The Labute approximate surface area is 171 Å². The number of hydrogen-bond donors (Lipinski definition) is 3. The Hall–Kier alpha value is -2.35. The monoisotopic (exact) mass is 407 g/mol. The lowest BCUT2D eigenvalue weighted by Crippen LogP contribution is -2.31. The van der Waals surface area contributed by atoms with E-state index in [1.165, 1.54) is 57.1 Å². The van der Waals surface area contributed by atoms with Crippen LogP contribution in [0.5, 0.6) is 5.88 Å². The fraction of sp³-hybridized carbons (Fsp3) is 0.667. The Morgan fingerprint density at radius 3 is 2.48 bits per heavy atom. The SMILES string of the molecule is O=C(O)C=CC(=O)O.c1c(OCCCCNC2CCCCC2)nn2c1CCCC2. The number of nitrogens with zero attached hydrogens (tertiary/aromatic N) is 2. The molecule has 162 valence electrons. The van der Waals surface area contributed by atoms with E-state index < -0.39 is 11.9 Å². The lowest BCUT2D eigenvalue weighted by molar-refractivity contribution is -0.134. The minimum Gasteiger partial charge on any atom is -0.478 e. The van der Waals surface area contributed by atoms with Crippen molar-refractivity contribution >= 4 is 11.9 Å². The first kappa shape index (κ1) is 22.9. The second kappa shape index (κ2) is 13.0. The van der Waals surface area contributed by atoms with E-state index in [1.807, 2.05) is 0 Å². The van der Waals surface area contributed by atoms with Crippen molar-refractivity contribution in [2.75, 3.05) is 13.2 Å². The minimum absolute atomic E-state index is 0.558. The molecule has 8 heteroatoms. The number of aryl methyl sites for hydroxylation is 2. The summed E-state index contributed by atoms with van der Waals surface area (Å²) in [4.78, 5) is 19.1. The molecule has 2 heterocycles. The van der Waals surface area contributed by atoms with Gasteiger partial charge in [-0.25, -0.2) is 9.59 Å². The first-order valence-corrected chi connectivity index (χ1v) is 10.6. The van der Waals surface area contributed by atoms with Crippen molar-refractivity contribution in [1.82, 2.24) is 15.1 Å². The molecule has 0 saturated heterocycles. The van der Waals surface area contributed by atoms with Crippen molar-refractivity contribution < 1.29 is 24.5 Å². The zero-order valence-electron chi connectivity index (χ0n) is 17.0. The van der Waals surface area contributed by atoms with Crippen LogP contribution in [0.4, 0.5) is 0 Å². The normalized spacial score (nSPS) is 16.7. The Balaban J connectivity index is 0.000000321. The molecule has 0 aromatic carbocycles. The number of aliphatic carboxylic acids is 2. The first-order chi connectivity index (χ1) is 14.0. The van der Waals surface area contributed by atoms with Crippen LogP contribution < -0.4 is 10.1 Å². The molecule has 1 aliphatic heterocycles. The van der Waals surface area contributed by atoms with Crippen LogP contribution >= 0.6 is 0 Å². The van der Waals surface area contributed by atoms with E-state index in [2.05, 4.69) is 21.2 Å². The number of rotatable bonds is 9. The first-order valence-electron chi connectivity index (χ1n) is 10.6. The third-order valence-electron chi connectivity index (χ3n) is 5.12. The number of carboxylic acids is 2. The molecule has 0 bridgehead atoms. The van der Waals surface area contributed by atoms with Crippen LogP contribution in [0.25, 0.3) is 0 Å². The molecule has 29 heavy (non-hydrogen) atoms. The van der Waals surface area contributed by atoms with Crippen molar-refractivity contribution in [2.24, 2.45) is 0 Å². The fourth-order valence-electron chi connectivity index (χ4n) is 3.62. The smallest absolute Gasteiger partial charge is 0.328 e. The Morgan fingerprint density at radius 2 is 1.83 bits per heavy atom. The summed E-state index contributed by atoms with van der Waals surface area (Å²) in [6, 6.07) is 2.90. The van der Waals surface area contributed by atoms with Gasteiger partial charge in [-0.2, -0.15) is 0 Å². The Morgan fingerprint density at radius 1 is 1.10 bits per heavy atom. The molecule has 0 radical (unpaired) electrons. The van der Waals surface area contributed by atoms with Crippen LogP contribution in [0, 0.1) is 0 Å². The maximum atomic E-state index is 9.55. The highest BCUT2D eigenvalue weighted by Crippen LogP contribution is 2.19. The summed E-state index contributed by atoms with van der Waals surface area (Å²) >= 11 is 0. The zero-order chi connectivity index (χ0) is 20.9. The van der Waals surface area contributed by atoms with E-state index >= 15 is 0 Å². The van der Waals surface area contributed by atoms with Crippen molar-refractivity contribution in [3.63, 3.8) is 0 Å². The molecule has 3 N–H and O–H groups in total. The van der Waals surface area contributed by atoms with Gasteiger partial charge in [0, 0.05) is 36.5 Å². The molecular weight excluding hydrogens is 374 g/mol. The standard InChI is InChI=1S/C17H29N3O.C4H4O4/c1-2-8-15(9-3-1)18-11-5-7-13-21-17-14-16-10-4-6-12-20(16)19-17;5-3(6)1-2-4(7)8/h14-15,18H,1-13H2;1-2H,(H,5,6)(H,7,8). The number of aromatic nitrogens is 2. The highest BCUT2D eigenvalue weighted by atomic mass is 16.5. The molecule has 0 unspecified atom stereocenters. The lowest BCUT2D eigenvalue weighted by Gasteiger charge is -2.22. The molecular formula is C21H33N3O5. The van der Waals surface area contributed by atoms with Crippen LogP contribution in [0.15, 0.2) is 18.2 Å². The summed E-state index contributed by atoms with van der Waals surface area (Å²) in [6.07, 6.45) is 14.1. The molecule has 8 nitrogen and oxygen atoms in total. The molecule has 2 aliphatic rings. The van der Waals surface area contributed by atoms with Gasteiger partial charge in [-0.15, -0.1) is 5.10 Å². The second-order valence-electron chi connectivity index (χ2n) is 7.51. The van der Waals surface area contributed by atoms with Crippen LogP contribution in [0.3, 0.4) is 0 Å². The Kier molecular flexibility index (Phi) is 10.3. The number of nitrogens with one attached hydrogen (secondary N) is 1. The van der Waals surface area contributed by atoms with Gasteiger partial charge in [0.15, 0.2) is 0 Å². The summed E-state index contributed by atoms with van der Waals surface area (Å²) in [7, 11) is 0. The molecule has 3 rings (SSSR count). The van der Waals surface area contributed by atoms with Gasteiger partial charge < -0.3 is 20.3 Å². The van der Waals surface area contributed by atoms with Crippen LogP contribution in [0.2, 0.25) is 0 Å². The predicted octanol–water partition coefficient (Wildman–Crippen LogP) is 3.01. The molecule has 1 saturated carbocycles. The van der Waals surface area contributed by atoms with Gasteiger partial charge in [0.1, 0.15) is 0 Å². The minimum atomic E-state index is -1.26. The van der Waals surface area contributed by atoms with Crippen molar-refractivity contribution in [3.05, 3.63) is 23.9 Å². The second-order valence-corrected chi connectivity index (χ2v) is 7.51. The van der Waals surface area contributed by atoms with Crippen molar-refractivity contribution in [3.8, 4) is 5.88 Å². The van der Waals surface area contributed by atoms with E-state index in [0.717, 1.165) is 44.5 Å². The van der Waals surface area contributed by atoms with Gasteiger partial charge in [-0.1, -0.05) is 19.3 Å². The van der Waals surface area contributed by atoms with E-state index in [0.29, 0.717) is 12.2 Å². The summed E-state index contributed by atoms with van der Waals surface area (Å²) < 4.78 is 7.91. The van der Waals surface area contributed by atoms with E-state index in [9.17, 15) is 9.59 Å². The summed E-state index contributed by atoms with van der Waals surface area (Å²) in [5.41, 5.74) is 1.34. The number of carboxylic acid groups (broad SMARTS) is 2. The number of ether oxygens (including phenoxy) is 1. The quantitative estimate of drug-likeness (QED) is 0.426. The van der Waals surface area contributed by atoms with Gasteiger partial charge in [0.2, 0.25) is 5.88 Å². The van der Waals surface area contributed by atoms with Gasteiger partial charge in [0.05, 0.1) is 6.61 Å². The molecule has 1 aliphatic carbocycles. The fourth-order valence-corrected chi connectivity index (χ4v) is 3.62. The molecule has 0 atom stereocenters. The topological polar surface area (TPSA) is 114 Å². The van der Waals surface area contributed by atoms with Crippen LogP contribution in [-0.4, -0.2) is 51.1 Å². The summed E-state index contributed by atoms with van der Waals surface area (Å²) in [5, 5.41) is 23.8. The van der Waals surface area contributed by atoms with Gasteiger partial charge >= 0.3 is 11.9 Å². The highest BCUT2D eigenvalue weighted by molar-refractivity contribution is 5.89. The summed E-state index contributed by atoms with van der Waals surface area (Å²) in [5.74, 6) is -1.69. The number of unbranched alkanes of at least 4 members (excludes halogenated alkanes) is 1. The lowest BCUT2D eigenvalue weighted by atomic mass is 9.95. The third kappa shape index (κ3) is 9.60. The number of carbonyl (C=O) groups is 2. The molecule has 1 fully saturated rings. The van der Waals surface area contributed by atoms with Crippen molar-refractivity contribution in [1.29, 1.82) is 0 Å².